The highest BCUT2D eigenvalue weighted by Gasteiger charge is 2.59. The first-order chi connectivity index (χ1) is 9.60. The van der Waals surface area contributed by atoms with Crippen LogP contribution >= 0.6 is 0 Å². The van der Waals surface area contributed by atoms with Gasteiger partial charge in [0.05, 0.1) is 5.92 Å². The quantitative estimate of drug-likeness (QED) is 0.481. The van der Waals surface area contributed by atoms with E-state index >= 15 is 0 Å². The molecule has 1 N–H and O–H groups in total. The van der Waals surface area contributed by atoms with Gasteiger partial charge in [-0.3, -0.25) is 4.79 Å². The Morgan fingerprint density at radius 1 is 0.850 bits per heavy atom. The summed E-state index contributed by atoms with van der Waals surface area (Å²) in [5.74, 6) is 0.00573. The van der Waals surface area contributed by atoms with Gasteiger partial charge in [0.2, 0.25) is 0 Å². The number of ketones is 1. The predicted molar refractivity (Wildman–Crippen MR) is 84.8 cm³/mol. The normalized spacial score (nSPS) is 25.1. The lowest BCUT2D eigenvalue weighted by Crippen LogP contribution is -2.05. The van der Waals surface area contributed by atoms with Crippen molar-refractivity contribution in [3.05, 3.63) is 0 Å². The Bertz CT molecular complexity index is 271. The molecule has 0 aromatic carbocycles. The van der Waals surface area contributed by atoms with Gasteiger partial charge in [-0.1, -0.05) is 84.0 Å². The standard InChI is InChI=1S/C18H34O2/c1-3-4-5-6-7-8-9-10-11-12-13-14-15-16-17(19)18(16,2)20/h16,20H,3-15H2,1-2H3. The fourth-order valence-electron chi connectivity index (χ4n) is 3.07. The molecule has 1 aliphatic rings. The molecule has 2 heteroatoms. The van der Waals surface area contributed by atoms with E-state index in [2.05, 4.69) is 6.92 Å². The third-order valence-corrected chi connectivity index (χ3v) is 4.76. The molecule has 0 aromatic rings. The summed E-state index contributed by atoms with van der Waals surface area (Å²) >= 11 is 0. The van der Waals surface area contributed by atoms with Gasteiger partial charge in [0.15, 0.2) is 5.78 Å². The molecule has 0 radical (unpaired) electrons. The summed E-state index contributed by atoms with van der Waals surface area (Å²) in [5.41, 5.74) is -0.974. The lowest BCUT2D eigenvalue weighted by atomic mass is 10.0. The summed E-state index contributed by atoms with van der Waals surface area (Å²) in [6.07, 6.45) is 17.0. The van der Waals surface area contributed by atoms with Crippen molar-refractivity contribution in [2.75, 3.05) is 0 Å². The van der Waals surface area contributed by atoms with Crippen LogP contribution in [0.1, 0.15) is 97.3 Å². The van der Waals surface area contributed by atoms with E-state index in [0.717, 1.165) is 12.8 Å². The van der Waals surface area contributed by atoms with Crippen molar-refractivity contribution in [1.29, 1.82) is 0 Å². The number of rotatable bonds is 13. The minimum absolute atomic E-state index is 0.0504. The van der Waals surface area contributed by atoms with E-state index in [1.165, 1.54) is 70.6 Å². The average Bonchev–Trinajstić information content (AvgIpc) is 2.90. The topological polar surface area (TPSA) is 37.3 Å². The van der Waals surface area contributed by atoms with Gasteiger partial charge in [-0.15, -0.1) is 0 Å². The summed E-state index contributed by atoms with van der Waals surface area (Å²) in [5, 5.41) is 9.59. The Morgan fingerprint density at radius 3 is 1.55 bits per heavy atom. The second-order valence-corrected chi connectivity index (χ2v) is 6.74. The van der Waals surface area contributed by atoms with Crippen molar-refractivity contribution < 1.29 is 9.90 Å². The highest BCUT2D eigenvalue weighted by atomic mass is 16.3. The molecule has 1 rings (SSSR count). The molecule has 1 fully saturated rings. The zero-order valence-electron chi connectivity index (χ0n) is 13.6. The van der Waals surface area contributed by atoms with E-state index in [1.54, 1.807) is 6.92 Å². The van der Waals surface area contributed by atoms with Crippen LogP contribution in [0, 0.1) is 5.92 Å². The van der Waals surface area contributed by atoms with E-state index in [9.17, 15) is 9.90 Å². The van der Waals surface area contributed by atoms with Crippen LogP contribution in [0.4, 0.5) is 0 Å². The number of carbonyl (C=O) groups excluding carboxylic acids is 1. The number of aliphatic hydroxyl groups is 1. The van der Waals surface area contributed by atoms with E-state index in [0.29, 0.717) is 0 Å². The van der Waals surface area contributed by atoms with Gasteiger partial charge in [-0.25, -0.2) is 0 Å². The van der Waals surface area contributed by atoms with Gasteiger partial charge in [0.1, 0.15) is 5.60 Å². The summed E-state index contributed by atoms with van der Waals surface area (Å²) in [7, 11) is 0. The molecule has 118 valence electrons. The molecule has 2 unspecified atom stereocenters. The molecule has 0 amide bonds. The van der Waals surface area contributed by atoms with E-state index < -0.39 is 5.60 Å². The molecule has 1 aliphatic carbocycles. The number of Topliss-reactive ketones (excluding diaryl/α,β-unsaturated/α-hetero) is 1. The van der Waals surface area contributed by atoms with Gasteiger partial charge in [0, 0.05) is 0 Å². The van der Waals surface area contributed by atoms with Gasteiger partial charge in [0.25, 0.3) is 0 Å². The van der Waals surface area contributed by atoms with Crippen LogP contribution < -0.4 is 0 Å². The van der Waals surface area contributed by atoms with Crippen LogP contribution in [-0.4, -0.2) is 16.5 Å². The minimum Gasteiger partial charge on any atom is -0.382 e. The third-order valence-electron chi connectivity index (χ3n) is 4.76. The second kappa shape index (κ2) is 9.55. The number of hydrogen-bond acceptors (Lipinski definition) is 2. The Kier molecular flexibility index (Phi) is 8.44. The van der Waals surface area contributed by atoms with Crippen LogP contribution in [0.5, 0.6) is 0 Å². The maximum atomic E-state index is 11.2. The molecule has 2 nitrogen and oxygen atoms in total. The molecule has 0 saturated heterocycles. The molecule has 2 atom stereocenters. The zero-order chi connectivity index (χ0) is 14.8. The van der Waals surface area contributed by atoms with E-state index in [4.69, 9.17) is 0 Å². The van der Waals surface area contributed by atoms with E-state index in [1.807, 2.05) is 0 Å². The number of hydrogen-bond donors (Lipinski definition) is 1. The first-order valence-corrected chi connectivity index (χ1v) is 8.87. The third kappa shape index (κ3) is 6.39. The lowest BCUT2D eigenvalue weighted by Gasteiger charge is -2.03. The average molecular weight is 282 g/mol. The van der Waals surface area contributed by atoms with Crippen molar-refractivity contribution in [3.8, 4) is 0 Å². The molecule has 0 aliphatic heterocycles. The van der Waals surface area contributed by atoms with Crippen molar-refractivity contribution >= 4 is 5.78 Å². The van der Waals surface area contributed by atoms with Gasteiger partial charge in [-0.05, 0) is 13.3 Å². The summed E-state index contributed by atoms with van der Waals surface area (Å²) in [4.78, 5) is 11.2. The fourth-order valence-corrected chi connectivity index (χ4v) is 3.07. The molecular weight excluding hydrogens is 248 g/mol. The SMILES string of the molecule is CCCCCCCCCCCCCCC1C(=O)C1(C)O. The Morgan fingerprint density at radius 2 is 1.20 bits per heavy atom. The predicted octanol–water partition coefficient (Wildman–Crippen LogP) is 5.03. The van der Waals surface area contributed by atoms with Crippen molar-refractivity contribution in [2.45, 2.75) is 103 Å². The van der Waals surface area contributed by atoms with Crippen LogP contribution in [0.3, 0.4) is 0 Å². The zero-order valence-corrected chi connectivity index (χ0v) is 13.6. The fraction of sp³-hybridized carbons (Fsp3) is 0.944. The number of carbonyl (C=O) groups is 1. The van der Waals surface area contributed by atoms with Crippen molar-refractivity contribution in [2.24, 2.45) is 5.92 Å². The summed E-state index contributed by atoms with van der Waals surface area (Å²) in [6.45, 7) is 3.92. The van der Waals surface area contributed by atoms with Crippen molar-refractivity contribution in [1.82, 2.24) is 0 Å². The first-order valence-electron chi connectivity index (χ1n) is 8.87. The lowest BCUT2D eigenvalue weighted by molar-refractivity contribution is -0.115. The van der Waals surface area contributed by atoms with Crippen LogP contribution in [0.15, 0.2) is 0 Å². The van der Waals surface area contributed by atoms with Crippen LogP contribution in [0.2, 0.25) is 0 Å². The monoisotopic (exact) mass is 282 g/mol. The summed E-state index contributed by atoms with van der Waals surface area (Å²) < 4.78 is 0. The van der Waals surface area contributed by atoms with Crippen molar-refractivity contribution in [3.63, 3.8) is 0 Å². The second-order valence-electron chi connectivity index (χ2n) is 6.74. The van der Waals surface area contributed by atoms with Crippen LogP contribution in [0.25, 0.3) is 0 Å². The molecule has 0 aromatic heterocycles. The van der Waals surface area contributed by atoms with Gasteiger partial charge >= 0.3 is 0 Å². The van der Waals surface area contributed by atoms with Gasteiger partial charge in [-0.2, -0.15) is 0 Å². The molecule has 0 bridgehead atoms. The first kappa shape index (κ1) is 17.7. The molecule has 1 saturated carbocycles. The highest BCUT2D eigenvalue weighted by Crippen LogP contribution is 2.41. The Labute approximate surface area is 125 Å². The maximum absolute atomic E-state index is 11.2. The Hall–Kier alpha value is -0.370. The largest absolute Gasteiger partial charge is 0.382 e. The minimum atomic E-state index is -0.974. The summed E-state index contributed by atoms with van der Waals surface area (Å²) in [6, 6.07) is 0. The molecular formula is C18H34O2. The smallest absolute Gasteiger partial charge is 0.171 e. The Balaban J connectivity index is 1.74. The maximum Gasteiger partial charge on any atom is 0.171 e. The molecule has 20 heavy (non-hydrogen) atoms. The van der Waals surface area contributed by atoms with Crippen LogP contribution in [-0.2, 0) is 4.79 Å². The highest BCUT2D eigenvalue weighted by molar-refractivity contribution is 6.06. The molecule has 0 spiro atoms. The van der Waals surface area contributed by atoms with Gasteiger partial charge < -0.3 is 5.11 Å². The molecule has 0 heterocycles. The number of unbranched alkanes of at least 4 members (excludes halogenated alkanes) is 11. The van der Waals surface area contributed by atoms with E-state index in [-0.39, 0.29) is 11.7 Å².